The molecule has 0 aliphatic heterocycles. The molecule has 0 spiro atoms. The zero-order chi connectivity index (χ0) is 15.5. The van der Waals surface area contributed by atoms with E-state index in [1.807, 2.05) is 6.07 Å². The number of methoxy groups -OCH3 is 1. The summed E-state index contributed by atoms with van der Waals surface area (Å²) in [5, 5.41) is 8.85. The Morgan fingerprint density at radius 1 is 1.24 bits per heavy atom. The number of aromatic nitrogens is 1. The first kappa shape index (κ1) is 14.9. The van der Waals surface area contributed by atoms with Crippen LogP contribution in [0.15, 0.2) is 36.5 Å². The van der Waals surface area contributed by atoms with E-state index >= 15 is 0 Å². The average molecular weight is 292 g/mol. The predicted molar refractivity (Wildman–Crippen MR) is 70.5 cm³/mol. The van der Waals surface area contributed by atoms with Crippen LogP contribution in [0.2, 0.25) is 0 Å². The van der Waals surface area contributed by atoms with Crippen LogP contribution in [-0.4, -0.2) is 12.1 Å². The van der Waals surface area contributed by atoms with Crippen molar-refractivity contribution in [3.8, 4) is 23.1 Å². The maximum atomic E-state index is 12.5. The Kier molecular flexibility index (Phi) is 4.13. The quantitative estimate of drug-likeness (QED) is 0.863. The third-order valence-corrected chi connectivity index (χ3v) is 2.97. The van der Waals surface area contributed by atoms with Crippen LogP contribution in [0.3, 0.4) is 0 Å². The van der Waals surface area contributed by atoms with Gasteiger partial charge in [0.1, 0.15) is 0 Å². The number of pyridine rings is 1. The maximum Gasteiger partial charge on any atom is 0.416 e. The fourth-order valence-electron chi connectivity index (χ4n) is 1.92. The van der Waals surface area contributed by atoms with E-state index in [4.69, 9.17) is 10.00 Å². The second-order valence-electron chi connectivity index (χ2n) is 4.29. The van der Waals surface area contributed by atoms with Gasteiger partial charge in [0, 0.05) is 17.8 Å². The predicted octanol–water partition coefficient (Wildman–Crippen LogP) is 3.84. The van der Waals surface area contributed by atoms with Crippen LogP contribution in [0.4, 0.5) is 13.2 Å². The molecule has 2 rings (SSSR count). The van der Waals surface area contributed by atoms with Gasteiger partial charge in [-0.3, -0.25) is 0 Å². The molecule has 0 bridgehead atoms. The third-order valence-electron chi connectivity index (χ3n) is 2.97. The van der Waals surface area contributed by atoms with Crippen LogP contribution in [0, 0.1) is 11.3 Å². The van der Waals surface area contributed by atoms with Gasteiger partial charge in [-0.25, -0.2) is 4.98 Å². The van der Waals surface area contributed by atoms with E-state index in [-0.39, 0.29) is 6.42 Å². The average Bonchev–Trinajstić information content (AvgIpc) is 2.47. The van der Waals surface area contributed by atoms with Crippen molar-refractivity contribution in [1.82, 2.24) is 4.98 Å². The summed E-state index contributed by atoms with van der Waals surface area (Å²) in [6.45, 7) is 0. The van der Waals surface area contributed by atoms with Crippen LogP contribution in [0.25, 0.3) is 11.1 Å². The number of alkyl halides is 3. The minimum absolute atomic E-state index is 0.120. The molecular formula is C15H11F3N2O. The Balaban J connectivity index is 2.44. The molecule has 0 amide bonds. The summed E-state index contributed by atoms with van der Waals surface area (Å²) < 4.78 is 42.6. The number of ether oxygens (including phenoxy) is 1. The van der Waals surface area contributed by atoms with Crippen LogP contribution in [0.1, 0.15) is 11.1 Å². The number of benzene rings is 1. The van der Waals surface area contributed by atoms with Crippen molar-refractivity contribution in [2.45, 2.75) is 12.6 Å². The Labute approximate surface area is 119 Å². The number of nitrogens with zero attached hydrogens (tertiary/aromatic N) is 2. The van der Waals surface area contributed by atoms with Crippen LogP contribution < -0.4 is 4.74 Å². The summed E-state index contributed by atoms with van der Waals surface area (Å²) in [7, 11) is 1.45. The first-order valence-corrected chi connectivity index (χ1v) is 6.03. The fraction of sp³-hybridized carbons (Fsp3) is 0.200. The highest BCUT2D eigenvalue weighted by Crippen LogP contribution is 2.32. The fourth-order valence-corrected chi connectivity index (χ4v) is 1.92. The van der Waals surface area contributed by atoms with E-state index in [9.17, 15) is 13.2 Å². The van der Waals surface area contributed by atoms with Gasteiger partial charge in [-0.15, -0.1) is 0 Å². The summed E-state index contributed by atoms with van der Waals surface area (Å²) in [5.41, 5.74) is 1.13. The molecule has 1 aromatic carbocycles. The van der Waals surface area contributed by atoms with Gasteiger partial charge in [0.15, 0.2) is 0 Å². The number of hydrogen-bond donors (Lipinski definition) is 0. The number of rotatable bonds is 3. The molecule has 108 valence electrons. The van der Waals surface area contributed by atoms with Crippen molar-refractivity contribution in [2.75, 3.05) is 7.11 Å². The van der Waals surface area contributed by atoms with Gasteiger partial charge in [-0.05, 0) is 23.3 Å². The summed E-state index contributed by atoms with van der Waals surface area (Å²) in [6, 6.07) is 8.38. The van der Waals surface area contributed by atoms with Crippen LogP contribution in [0.5, 0.6) is 5.88 Å². The van der Waals surface area contributed by atoms with E-state index < -0.39 is 11.7 Å². The molecule has 0 saturated carbocycles. The lowest BCUT2D eigenvalue weighted by molar-refractivity contribution is -0.137. The summed E-state index contributed by atoms with van der Waals surface area (Å²) in [4.78, 5) is 4.03. The molecule has 2 aromatic rings. The molecule has 6 heteroatoms. The van der Waals surface area contributed by atoms with Gasteiger partial charge in [0.25, 0.3) is 0 Å². The zero-order valence-corrected chi connectivity index (χ0v) is 11.1. The summed E-state index contributed by atoms with van der Waals surface area (Å²) >= 11 is 0. The SMILES string of the molecule is COc1cc(CC#N)c(-c2ccc(C(F)(F)F)cc2)cn1. The standard InChI is InChI=1S/C15H11F3N2O/c1-21-14-8-11(6-7-19)13(9-20-14)10-2-4-12(5-3-10)15(16,17)18/h2-5,8-9H,6H2,1H3. The molecule has 0 N–H and O–H groups in total. The minimum Gasteiger partial charge on any atom is -0.481 e. The second-order valence-corrected chi connectivity index (χ2v) is 4.29. The first-order valence-electron chi connectivity index (χ1n) is 6.03. The molecule has 0 fully saturated rings. The molecule has 1 aromatic heterocycles. The molecule has 3 nitrogen and oxygen atoms in total. The highest BCUT2D eigenvalue weighted by Gasteiger charge is 2.30. The Bertz CT molecular complexity index is 673. The number of nitriles is 1. The van der Waals surface area contributed by atoms with Crippen molar-refractivity contribution in [3.63, 3.8) is 0 Å². The molecular weight excluding hydrogens is 281 g/mol. The van der Waals surface area contributed by atoms with Crippen molar-refractivity contribution >= 4 is 0 Å². The third kappa shape index (κ3) is 3.31. The topological polar surface area (TPSA) is 45.9 Å². The van der Waals surface area contributed by atoms with Gasteiger partial charge in [-0.1, -0.05) is 12.1 Å². The smallest absolute Gasteiger partial charge is 0.416 e. The van der Waals surface area contributed by atoms with Crippen molar-refractivity contribution < 1.29 is 17.9 Å². The van der Waals surface area contributed by atoms with E-state index in [2.05, 4.69) is 4.98 Å². The van der Waals surface area contributed by atoms with E-state index in [1.165, 1.54) is 25.4 Å². The molecule has 0 aliphatic rings. The highest BCUT2D eigenvalue weighted by molar-refractivity contribution is 5.67. The van der Waals surface area contributed by atoms with E-state index in [0.29, 0.717) is 22.6 Å². The normalized spacial score (nSPS) is 11.0. The largest absolute Gasteiger partial charge is 0.481 e. The summed E-state index contributed by atoms with van der Waals surface area (Å²) in [6.07, 6.45) is -2.75. The Morgan fingerprint density at radius 3 is 2.43 bits per heavy atom. The van der Waals surface area contributed by atoms with E-state index in [1.54, 1.807) is 6.07 Å². The Morgan fingerprint density at radius 2 is 1.90 bits per heavy atom. The molecule has 0 saturated heterocycles. The lowest BCUT2D eigenvalue weighted by Crippen LogP contribution is -2.04. The molecule has 1 heterocycles. The Hall–Kier alpha value is -2.55. The molecule has 0 unspecified atom stereocenters. The van der Waals surface area contributed by atoms with Crippen molar-refractivity contribution in [1.29, 1.82) is 5.26 Å². The van der Waals surface area contributed by atoms with Gasteiger partial charge in [0.05, 0.1) is 25.2 Å². The van der Waals surface area contributed by atoms with Crippen LogP contribution >= 0.6 is 0 Å². The highest BCUT2D eigenvalue weighted by atomic mass is 19.4. The first-order chi connectivity index (χ1) is 9.95. The maximum absolute atomic E-state index is 12.5. The van der Waals surface area contributed by atoms with E-state index in [0.717, 1.165) is 12.1 Å². The van der Waals surface area contributed by atoms with Crippen molar-refractivity contribution in [2.24, 2.45) is 0 Å². The second kappa shape index (κ2) is 5.83. The lowest BCUT2D eigenvalue weighted by atomic mass is 9.99. The molecule has 0 aliphatic carbocycles. The monoisotopic (exact) mass is 292 g/mol. The molecule has 21 heavy (non-hydrogen) atoms. The molecule has 0 radical (unpaired) electrons. The van der Waals surface area contributed by atoms with Crippen molar-refractivity contribution in [3.05, 3.63) is 47.7 Å². The van der Waals surface area contributed by atoms with Crippen LogP contribution in [-0.2, 0) is 12.6 Å². The van der Waals surface area contributed by atoms with Gasteiger partial charge in [0.2, 0.25) is 5.88 Å². The number of halogens is 3. The van der Waals surface area contributed by atoms with Gasteiger partial charge >= 0.3 is 6.18 Å². The molecule has 0 atom stereocenters. The lowest BCUT2D eigenvalue weighted by Gasteiger charge is -2.10. The zero-order valence-electron chi connectivity index (χ0n) is 11.1. The van der Waals surface area contributed by atoms with Gasteiger partial charge in [-0.2, -0.15) is 18.4 Å². The number of hydrogen-bond acceptors (Lipinski definition) is 3. The van der Waals surface area contributed by atoms with Gasteiger partial charge < -0.3 is 4.74 Å². The summed E-state index contributed by atoms with van der Waals surface area (Å²) in [5.74, 6) is 0.357. The minimum atomic E-state index is -4.37.